The van der Waals surface area contributed by atoms with E-state index in [4.69, 9.17) is 5.73 Å². The molecule has 114 valence electrons. The van der Waals surface area contributed by atoms with E-state index in [9.17, 15) is 9.18 Å². The molecule has 0 heterocycles. The molecule has 0 spiro atoms. The van der Waals surface area contributed by atoms with Crippen molar-refractivity contribution < 1.29 is 9.18 Å². The summed E-state index contributed by atoms with van der Waals surface area (Å²) in [5, 5.41) is 6.04. The average Bonchev–Trinajstić information content (AvgIpc) is 2.47. The third kappa shape index (κ3) is 6.07. The molecule has 0 saturated heterocycles. The molecule has 6 heteroatoms. The Balaban J connectivity index is 2.59. The molecule has 1 atom stereocenters. The smallest absolute Gasteiger partial charge is 0.222 e. The van der Waals surface area contributed by atoms with Gasteiger partial charge in [0.15, 0.2) is 5.96 Å². The number of aliphatic imine (C=N–C) groups is 1. The number of carbonyl (C=O) groups excluding carboxylic acids is 1. The molecule has 0 saturated carbocycles. The fraction of sp³-hybridized carbons (Fsp3) is 0.333. The van der Waals surface area contributed by atoms with E-state index < -0.39 is 11.8 Å². The van der Waals surface area contributed by atoms with Crippen molar-refractivity contribution in [1.82, 2.24) is 10.6 Å². The Morgan fingerprint density at radius 1 is 1.43 bits per heavy atom. The van der Waals surface area contributed by atoms with Crippen LogP contribution in [0.1, 0.15) is 5.56 Å². The van der Waals surface area contributed by atoms with Crippen molar-refractivity contribution in [2.45, 2.75) is 6.42 Å². The molecule has 1 aromatic carbocycles. The minimum absolute atomic E-state index is 0.304. The van der Waals surface area contributed by atoms with E-state index in [-0.39, 0.29) is 5.82 Å². The number of nitrogens with one attached hydrogen (secondary N) is 2. The lowest BCUT2D eigenvalue weighted by molar-refractivity contribution is -0.121. The molecule has 5 nitrogen and oxygen atoms in total. The minimum Gasteiger partial charge on any atom is -0.369 e. The lowest BCUT2D eigenvalue weighted by Crippen LogP contribution is -2.43. The van der Waals surface area contributed by atoms with Crippen LogP contribution < -0.4 is 16.4 Å². The van der Waals surface area contributed by atoms with Crippen LogP contribution >= 0.6 is 0 Å². The van der Waals surface area contributed by atoms with Gasteiger partial charge in [-0.1, -0.05) is 18.2 Å². The number of guanidine groups is 1. The molecule has 1 unspecified atom stereocenters. The van der Waals surface area contributed by atoms with E-state index in [1.807, 2.05) is 0 Å². The maximum Gasteiger partial charge on any atom is 0.222 e. The number of hydrogen-bond donors (Lipinski definition) is 3. The van der Waals surface area contributed by atoms with Gasteiger partial charge in [-0.25, -0.2) is 4.39 Å². The van der Waals surface area contributed by atoms with Gasteiger partial charge in [-0.2, -0.15) is 0 Å². The van der Waals surface area contributed by atoms with Gasteiger partial charge in [-0.05, 0) is 24.1 Å². The molecule has 1 aromatic rings. The van der Waals surface area contributed by atoms with Crippen LogP contribution in [0.4, 0.5) is 4.39 Å². The Hall–Kier alpha value is -2.37. The van der Waals surface area contributed by atoms with E-state index in [2.05, 4.69) is 22.2 Å². The van der Waals surface area contributed by atoms with Gasteiger partial charge in [0.2, 0.25) is 5.91 Å². The number of nitrogens with two attached hydrogens (primary N) is 1. The highest BCUT2D eigenvalue weighted by Gasteiger charge is 2.16. The SMILES string of the molecule is C=CCNC(=NC)NCC(Cc1ccc(F)cc1)C(N)=O. The Morgan fingerprint density at radius 3 is 2.62 bits per heavy atom. The number of benzene rings is 1. The third-order valence-electron chi connectivity index (χ3n) is 2.95. The van der Waals surface area contributed by atoms with Crippen molar-refractivity contribution in [2.75, 3.05) is 20.1 Å². The molecule has 0 aliphatic rings. The first-order chi connectivity index (χ1) is 10.1. The van der Waals surface area contributed by atoms with Crippen molar-refractivity contribution in [2.24, 2.45) is 16.6 Å². The van der Waals surface area contributed by atoms with Crippen LogP contribution in [-0.2, 0) is 11.2 Å². The van der Waals surface area contributed by atoms with E-state index >= 15 is 0 Å². The van der Waals surface area contributed by atoms with Crippen LogP contribution in [-0.4, -0.2) is 32.0 Å². The second-order valence-electron chi connectivity index (χ2n) is 4.55. The number of primary amides is 1. The molecule has 1 rings (SSSR count). The van der Waals surface area contributed by atoms with Gasteiger partial charge in [0, 0.05) is 20.1 Å². The zero-order valence-electron chi connectivity index (χ0n) is 12.1. The molecule has 0 fully saturated rings. The van der Waals surface area contributed by atoms with Gasteiger partial charge in [0.05, 0.1) is 5.92 Å². The second-order valence-corrected chi connectivity index (χ2v) is 4.55. The van der Waals surface area contributed by atoms with Crippen LogP contribution in [0.2, 0.25) is 0 Å². The third-order valence-corrected chi connectivity index (χ3v) is 2.95. The van der Waals surface area contributed by atoms with Crippen molar-refractivity contribution in [3.05, 3.63) is 48.3 Å². The Kier molecular flexibility index (Phi) is 6.94. The predicted octanol–water partition coefficient (Wildman–Crippen LogP) is 0.821. The zero-order valence-corrected chi connectivity index (χ0v) is 12.1. The Labute approximate surface area is 124 Å². The Morgan fingerprint density at radius 2 is 2.10 bits per heavy atom. The number of rotatable bonds is 7. The predicted molar refractivity (Wildman–Crippen MR) is 82.3 cm³/mol. The monoisotopic (exact) mass is 292 g/mol. The highest BCUT2D eigenvalue weighted by molar-refractivity contribution is 5.81. The van der Waals surface area contributed by atoms with E-state index in [0.29, 0.717) is 25.5 Å². The van der Waals surface area contributed by atoms with E-state index in [1.165, 1.54) is 12.1 Å². The topological polar surface area (TPSA) is 79.5 Å². The van der Waals surface area contributed by atoms with Crippen molar-refractivity contribution >= 4 is 11.9 Å². The summed E-state index contributed by atoms with van der Waals surface area (Å²) in [5.74, 6) is -0.550. The van der Waals surface area contributed by atoms with Crippen LogP contribution in [0.25, 0.3) is 0 Å². The van der Waals surface area contributed by atoms with Gasteiger partial charge >= 0.3 is 0 Å². The zero-order chi connectivity index (χ0) is 15.7. The van der Waals surface area contributed by atoms with Crippen molar-refractivity contribution in [1.29, 1.82) is 0 Å². The minimum atomic E-state index is -0.411. The number of halogens is 1. The summed E-state index contributed by atoms with van der Waals surface area (Å²) in [6.07, 6.45) is 2.15. The highest BCUT2D eigenvalue weighted by Crippen LogP contribution is 2.09. The largest absolute Gasteiger partial charge is 0.369 e. The van der Waals surface area contributed by atoms with E-state index in [1.54, 1.807) is 25.3 Å². The van der Waals surface area contributed by atoms with Crippen molar-refractivity contribution in [3.8, 4) is 0 Å². The van der Waals surface area contributed by atoms with Gasteiger partial charge in [0.1, 0.15) is 5.82 Å². The van der Waals surface area contributed by atoms with Crippen LogP contribution in [0, 0.1) is 11.7 Å². The lowest BCUT2D eigenvalue weighted by Gasteiger charge is -2.16. The van der Waals surface area contributed by atoms with Crippen LogP contribution in [0.15, 0.2) is 41.9 Å². The molecular formula is C15H21FN4O. The first-order valence-corrected chi connectivity index (χ1v) is 6.66. The summed E-state index contributed by atoms with van der Waals surface area (Å²) in [6, 6.07) is 6.03. The molecule has 21 heavy (non-hydrogen) atoms. The van der Waals surface area contributed by atoms with Crippen molar-refractivity contribution in [3.63, 3.8) is 0 Å². The average molecular weight is 292 g/mol. The van der Waals surface area contributed by atoms with Crippen LogP contribution in [0.5, 0.6) is 0 Å². The summed E-state index contributed by atoms with van der Waals surface area (Å²) in [7, 11) is 1.64. The lowest BCUT2D eigenvalue weighted by atomic mass is 9.98. The molecule has 0 aromatic heterocycles. The number of amides is 1. The molecular weight excluding hydrogens is 271 g/mol. The summed E-state index contributed by atoms with van der Waals surface area (Å²) in [6.45, 7) is 4.52. The molecule has 4 N–H and O–H groups in total. The van der Waals surface area contributed by atoms with Gasteiger partial charge in [0.25, 0.3) is 0 Å². The van der Waals surface area contributed by atoms with E-state index in [0.717, 1.165) is 5.56 Å². The normalized spacial score (nSPS) is 12.6. The fourth-order valence-corrected chi connectivity index (χ4v) is 1.79. The first kappa shape index (κ1) is 16.7. The standard InChI is InChI=1S/C15H21FN4O/c1-3-8-19-15(18-2)20-10-12(14(17)21)9-11-4-6-13(16)7-5-11/h3-7,12H,1,8-10H2,2H3,(H2,17,21)(H2,18,19,20). The molecule has 0 aliphatic carbocycles. The van der Waals surface area contributed by atoms with Crippen LogP contribution in [0.3, 0.4) is 0 Å². The number of hydrogen-bond acceptors (Lipinski definition) is 2. The van der Waals surface area contributed by atoms with Gasteiger partial charge < -0.3 is 16.4 Å². The molecule has 0 bridgehead atoms. The summed E-state index contributed by atoms with van der Waals surface area (Å²) in [5.41, 5.74) is 6.27. The maximum atomic E-state index is 12.9. The van der Waals surface area contributed by atoms with Gasteiger partial charge in [-0.3, -0.25) is 9.79 Å². The summed E-state index contributed by atoms with van der Waals surface area (Å²) >= 11 is 0. The number of nitrogens with zero attached hydrogens (tertiary/aromatic N) is 1. The molecule has 0 radical (unpaired) electrons. The maximum absolute atomic E-state index is 12.9. The Bertz CT molecular complexity index is 499. The summed E-state index contributed by atoms with van der Waals surface area (Å²) in [4.78, 5) is 15.5. The molecule has 1 amide bonds. The molecule has 0 aliphatic heterocycles. The fourth-order valence-electron chi connectivity index (χ4n) is 1.79. The summed E-state index contributed by atoms with van der Waals surface area (Å²) < 4.78 is 12.9. The quantitative estimate of drug-likeness (QED) is 0.395. The second kappa shape index (κ2) is 8.73. The highest BCUT2D eigenvalue weighted by atomic mass is 19.1. The number of carbonyl (C=O) groups is 1. The van der Waals surface area contributed by atoms with Gasteiger partial charge in [-0.15, -0.1) is 6.58 Å². The first-order valence-electron chi connectivity index (χ1n) is 6.66.